The summed E-state index contributed by atoms with van der Waals surface area (Å²) in [6.07, 6.45) is 1.97. The lowest BCUT2D eigenvalue weighted by molar-refractivity contribution is -0.137. The highest BCUT2D eigenvalue weighted by Crippen LogP contribution is 2.27. The molecule has 0 radical (unpaired) electrons. The Bertz CT molecular complexity index is 836. The van der Waals surface area contributed by atoms with Gasteiger partial charge in [0.05, 0.1) is 16.6 Å². The molecule has 0 N–H and O–H groups in total. The van der Waals surface area contributed by atoms with Gasteiger partial charge in [-0.3, -0.25) is 9.69 Å². The zero-order valence-corrected chi connectivity index (χ0v) is 17.3. The van der Waals surface area contributed by atoms with Crippen molar-refractivity contribution in [3.63, 3.8) is 0 Å². The van der Waals surface area contributed by atoms with Crippen molar-refractivity contribution in [3.05, 3.63) is 64.9 Å². The number of amides is 1. The van der Waals surface area contributed by atoms with Gasteiger partial charge in [0.15, 0.2) is 0 Å². The zero-order valence-electron chi connectivity index (χ0n) is 16.6. The van der Waals surface area contributed by atoms with Gasteiger partial charge in [0.2, 0.25) is 5.91 Å². The maximum atomic E-state index is 13.1. The number of hydrogen-bond donors (Lipinski definition) is 0. The van der Waals surface area contributed by atoms with E-state index in [1.165, 1.54) is 12.1 Å². The fraction of sp³-hybridized carbons (Fsp3) is 0.435. The average molecular weight is 416 g/mol. The second-order valence-electron chi connectivity index (χ2n) is 7.96. The van der Waals surface area contributed by atoms with E-state index in [4.69, 9.17) is 11.6 Å². The summed E-state index contributed by atoms with van der Waals surface area (Å²) in [7, 11) is 0. The molecular formula is C23H27ClFN3O. The molecule has 2 aliphatic heterocycles. The van der Waals surface area contributed by atoms with Crippen molar-refractivity contribution in [2.75, 3.05) is 44.2 Å². The molecule has 0 aliphatic carbocycles. The van der Waals surface area contributed by atoms with Crippen LogP contribution in [0.1, 0.15) is 18.4 Å². The lowest BCUT2D eigenvalue weighted by Crippen LogP contribution is -2.52. The molecule has 0 bridgehead atoms. The number of rotatable bonds is 4. The Morgan fingerprint density at radius 3 is 2.45 bits per heavy atom. The summed E-state index contributed by atoms with van der Waals surface area (Å²) in [5.74, 6) is 0.111. The predicted octanol–water partition coefficient (Wildman–Crippen LogP) is 4.04. The molecule has 1 atom stereocenters. The Morgan fingerprint density at radius 2 is 1.72 bits per heavy atom. The predicted molar refractivity (Wildman–Crippen MR) is 115 cm³/mol. The van der Waals surface area contributed by atoms with Crippen LogP contribution in [0.5, 0.6) is 0 Å². The molecule has 4 nitrogen and oxygen atoms in total. The molecule has 2 fully saturated rings. The van der Waals surface area contributed by atoms with Crippen LogP contribution in [0.4, 0.5) is 10.1 Å². The largest absolute Gasteiger partial charge is 0.367 e. The number of hydrogen-bond acceptors (Lipinski definition) is 3. The number of halogens is 2. The normalized spacial score (nSPS) is 20.7. The number of para-hydroxylation sites is 1. The second kappa shape index (κ2) is 9.14. The molecule has 154 valence electrons. The van der Waals surface area contributed by atoms with E-state index in [0.29, 0.717) is 0 Å². The Labute approximate surface area is 176 Å². The van der Waals surface area contributed by atoms with Crippen LogP contribution in [0, 0.1) is 11.7 Å². The van der Waals surface area contributed by atoms with E-state index in [-0.39, 0.29) is 17.6 Å². The summed E-state index contributed by atoms with van der Waals surface area (Å²) in [4.78, 5) is 19.7. The topological polar surface area (TPSA) is 26.8 Å². The molecule has 6 heteroatoms. The van der Waals surface area contributed by atoms with Crippen LogP contribution in [-0.2, 0) is 11.3 Å². The number of piperidine rings is 1. The van der Waals surface area contributed by atoms with Crippen LogP contribution in [-0.4, -0.2) is 55.0 Å². The van der Waals surface area contributed by atoms with Crippen LogP contribution in [0.25, 0.3) is 0 Å². The van der Waals surface area contributed by atoms with E-state index in [2.05, 4.69) is 9.80 Å². The van der Waals surface area contributed by atoms with E-state index >= 15 is 0 Å². The number of piperazine rings is 1. The highest BCUT2D eigenvalue weighted by molar-refractivity contribution is 6.33. The Morgan fingerprint density at radius 1 is 1.00 bits per heavy atom. The quantitative estimate of drug-likeness (QED) is 0.754. The van der Waals surface area contributed by atoms with E-state index in [9.17, 15) is 9.18 Å². The molecule has 0 spiro atoms. The first-order valence-electron chi connectivity index (χ1n) is 10.4. The van der Waals surface area contributed by atoms with Gasteiger partial charge >= 0.3 is 0 Å². The Hall–Kier alpha value is -2.11. The Balaban J connectivity index is 1.31. The molecule has 2 aliphatic rings. The summed E-state index contributed by atoms with van der Waals surface area (Å²) in [5, 5.41) is 0.760. The first-order chi connectivity index (χ1) is 14.1. The molecule has 2 saturated heterocycles. The number of anilines is 1. The first kappa shape index (κ1) is 20.2. The SMILES string of the molecule is O=C(C1CCCN(Cc2ccc(F)cc2)C1)N1CCN(c2ccccc2Cl)CC1. The zero-order chi connectivity index (χ0) is 20.2. The summed E-state index contributed by atoms with van der Waals surface area (Å²) in [6, 6.07) is 14.5. The average Bonchev–Trinajstić information content (AvgIpc) is 2.76. The van der Waals surface area contributed by atoms with Crippen LogP contribution in [0.15, 0.2) is 48.5 Å². The van der Waals surface area contributed by atoms with Gasteiger partial charge in [-0.05, 0) is 49.2 Å². The van der Waals surface area contributed by atoms with Crippen molar-refractivity contribution in [2.45, 2.75) is 19.4 Å². The summed E-state index contributed by atoms with van der Waals surface area (Å²) < 4.78 is 13.1. The monoisotopic (exact) mass is 415 g/mol. The minimum Gasteiger partial charge on any atom is -0.367 e. The van der Waals surface area contributed by atoms with Gasteiger partial charge in [-0.2, -0.15) is 0 Å². The molecule has 29 heavy (non-hydrogen) atoms. The molecule has 1 unspecified atom stereocenters. The van der Waals surface area contributed by atoms with E-state index < -0.39 is 0 Å². The van der Waals surface area contributed by atoms with Crippen LogP contribution < -0.4 is 4.90 Å². The fourth-order valence-electron chi connectivity index (χ4n) is 4.38. The highest BCUT2D eigenvalue weighted by Gasteiger charge is 2.31. The third kappa shape index (κ3) is 4.90. The minimum atomic E-state index is -0.212. The lowest BCUT2D eigenvalue weighted by atomic mass is 9.95. The third-order valence-corrected chi connectivity index (χ3v) is 6.28. The molecule has 2 heterocycles. The number of benzene rings is 2. The minimum absolute atomic E-state index is 0.0519. The van der Waals surface area contributed by atoms with Crippen molar-refractivity contribution in [2.24, 2.45) is 5.92 Å². The standard InChI is InChI=1S/C23H27ClFN3O/c24-21-5-1-2-6-22(21)27-12-14-28(15-13-27)23(29)19-4-3-11-26(17-19)16-18-7-9-20(25)10-8-18/h1-2,5-10,19H,3-4,11-17H2. The molecule has 0 aromatic heterocycles. The smallest absolute Gasteiger partial charge is 0.227 e. The summed E-state index contributed by atoms with van der Waals surface area (Å²) in [5.41, 5.74) is 2.14. The second-order valence-corrected chi connectivity index (χ2v) is 8.37. The van der Waals surface area contributed by atoms with E-state index in [1.54, 1.807) is 0 Å². The van der Waals surface area contributed by atoms with Gasteiger partial charge in [-0.25, -0.2) is 4.39 Å². The molecule has 1 amide bonds. The van der Waals surface area contributed by atoms with Gasteiger partial charge in [-0.1, -0.05) is 35.9 Å². The number of carbonyl (C=O) groups excluding carboxylic acids is 1. The number of likely N-dealkylation sites (tertiary alicyclic amines) is 1. The third-order valence-electron chi connectivity index (χ3n) is 5.96. The van der Waals surface area contributed by atoms with Gasteiger partial charge in [0.25, 0.3) is 0 Å². The highest BCUT2D eigenvalue weighted by atomic mass is 35.5. The first-order valence-corrected chi connectivity index (χ1v) is 10.7. The maximum Gasteiger partial charge on any atom is 0.227 e. The van der Waals surface area contributed by atoms with Crippen molar-refractivity contribution >= 4 is 23.2 Å². The fourth-order valence-corrected chi connectivity index (χ4v) is 4.64. The van der Waals surface area contributed by atoms with E-state index in [0.717, 1.165) is 74.9 Å². The van der Waals surface area contributed by atoms with Crippen LogP contribution in [0.2, 0.25) is 5.02 Å². The number of nitrogens with zero attached hydrogens (tertiary/aromatic N) is 3. The maximum absolute atomic E-state index is 13.1. The summed E-state index contributed by atoms with van der Waals surface area (Å²) in [6.45, 7) is 5.62. The van der Waals surface area contributed by atoms with Crippen molar-refractivity contribution in [1.29, 1.82) is 0 Å². The Kier molecular flexibility index (Phi) is 6.36. The molecule has 4 rings (SSSR count). The van der Waals surface area contributed by atoms with Gasteiger partial charge < -0.3 is 9.80 Å². The van der Waals surface area contributed by atoms with Gasteiger partial charge in [0.1, 0.15) is 5.82 Å². The molecule has 0 saturated carbocycles. The van der Waals surface area contributed by atoms with Crippen molar-refractivity contribution in [3.8, 4) is 0 Å². The van der Waals surface area contributed by atoms with Gasteiger partial charge in [-0.15, -0.1) is 0 Å². The van der Waals surface area contributed by atoms with E-state index in [1.807, 2.05) is 41.3 Å². The molecular weight excluding hydrogens is 389 g/mol. The molecule has 2 aromatic carbocycles. The molecule has 2 aromatic rings. The summed E-state index contributed by atoms with van der Waals surface area (Å²) >= 11 is 6.32. The van der Waals surface area contributed by atoms with Gasteiger partial charge in [0, 0.05) is 39.3 Å². The number of carbonyl (C=O) groups is 1. The van der Waals surface area contributed by atoms with Crippen molar-refractivity contribution < 1.29 is 9.18 Å². The van der Waals surface area contributed by atoms with Crippen LogP contribution in [0.3, 0.4) is 0 Å². The van der Waals surface area contributed by atoms with Crippen LogP contribution >= 0.6 is 11.6 Å². The van der Waals surface area contributed by atoms with Crippen molar-refractivity contribution in [1.82, 2.24) is 9.80 Å². The lowest BCUT2D eigenvalue weighted by Gasteiger charge is -2.40.